The summed E-state index contributed by atoms with van der Waals surface area (Å²) in [6, 6.07) is 7.05. The zero-order valence-corrected chi connectivity index (χ0v) is 11.3. The number of rotatable bonds is 5. The predicted octanol–water partition coefficient (Wildman–Crippen LogP) is 2.23. The van der Waals surface area contributed by atoms with Gasteiger partial charge in [0, 0.05) is 34.0 Å². The molecule has 0 radical (unpaired) electrons. The van der Waals surface area contributed by atoms with Crippen LogP contribution in [0.4, 0.5) is 5.69 Å². The number of aliphatic hydroxyl groups is 1. The highest BCUT2D eigenvalue weighted by molar-refractivity contribution is 7.53. The molecule has 6 heteroatoms. The molecule has 0 unspecified atom stereocenters. The standard InChI is InChI=1S/C11H18NO4P/c1-12(2)10-7-5-9(6-8-10)11(13)17(14,15-3)16-4/h5-8,11,13H,1-4H3/t11-/m1/s1. The van der Waals surface area contributed by atoms with Gasteiger partial charge in [-0.15, -0.1) is 0 Å². The minimum Gasteiger partial charge on any atom is -0.378 e. The molecule has 96 valence electrons. The SMILES string of the molecule is COP(=O)(OC)[C@@H](O)c1ccc(N(C)C)cc1. The first-order valence-electron chi connectivity index (χ1n) is 5.11. The highest BCUT2D eigenvalue weighted by atomic mass is 31.2. The van der Waals surface area contributed by atoms with Crippen molar-refractivity contribution in [2.24, 2.45) is 0 Å². The van der Waals surface area contributed by atoms with E-state index < -0.39 is 13.4 Å². The molecule has 17 heavy (non-hydrogen) atoms. The fourth-order valence-corrected chi connectivity index (χ4v) is 2.49. The molecule has 0 spiro atoms. The fourth-order valence-electron chi connectivity index (χ4n) is 1.40. The molecule has 5 nitrogen and oxygen atoms in total. The van der Waals surface area contributed by atoms with Crippen LogP contribution in [0.15, 0.2) is 24.3 Å². The summed E-state index contributed by atoms with van der Waals surface area (Å²) in [5.41, 5.74) is 1.49. The summed E-state index contributed by atoms with van der Waals surface area (Å²) in [7, 11) is 2.85. The minimum absolute atomic E-state index is 0.502. The van der Waals surface area contributed by atoms with E-state index in [9.17, 15) is 9.67 Å². The minimum atomic E-state index is -3.49. The summed E-state index contributed by atoms with van der Waals surface area (Å²) in [6.07, 6.45) is 0. The molecule has 0 amide bonds. The van der Waals surface area contributed by atoms with Crippen molar-refractivity contribution in [2.45, 2.75) is 5.85 Å². The van der Waals surface area contributed by atoms with Crippen LogP contribution in [0.3, 0.4) is 0 Å². The normalized spacial score (nSPS) is 13.5. The Hall–Kier alpha value is -0.870. The molecule has 1 aromatic carbocycles. The Labute approximate surface area is 102 Å². The summed E-state index contributed by atoms with van der Waals surface area (Å²) in [5.74, 6) is -1.27. The van der Waals surface area contributed by atoms with Crippen molar-refractivity contribution in [3.8, 4) is 0 Å². The number of anilines is 1. The molecule has 1 atom stereocenters. The predicted molar refractivity (Wildman–Crippen MR) is 67.4 cm³/mol. The van der Waals surface area contributed by atoms with Gasteiger partial charge in [-0.25, -0.2) is 0 Å². The number of aliphatic hydroxyl groups excluding tert-OH is 1. The maximum absolute atomic E-state index is 12.0. The second-order valence-corrected chi connectivity index (χ2v) is 6.06. The molecular weight excluding hydrogens is 241 g/mol. The average Bonchev–Trinajstić information content (AvgIpc) is 2.37. The third-order valence-corrected chi connectivity index (χ3v) is 4.43. The largest absolute Gasteiger partial charge is 0.378 e. The number of benzene rings is 1. The van der Waals surface area contributed by atoms with Crippen LogP contribution in [0.25, 0.3) is 0 Å². The van der Waals surface area contributed by atoms with Gasteiger partial charge in [0.1, 0.15) is 0 Å². The van der Waals surface area contributed by atoms with E-state index in [0.29, 0.717) is 5.56 Å². The summed E-state index contributed by atoms with van der Waals surface area (Å²) in [5, 5.41) is 9.94. The van der Waals surface area contributed by atoms with Gasteiger partial charge in [0.2, 0.25) is 0 Å². The average molecular weight is 259 g/mol. The Kier molecular flexibility index (Phi) is 4.71. The second kappa shape index (κ2) is 5.65. The molecule has 0 saturated heterocycles. The van der Waals surface area contributed by atoms with Gasteiger partial charge < -0.3 is 19.1 Å². The van der Waals surface area contributed by atoms with Crippen LogP contribution in [0, 0.1) is 0 Å². The van der Waals surface area contributed by atoms with Crippen molar-refractivity contribution in [1.82, 2.24) is 0 Å². The van der Waals surface area contributed by atoms with E-state index in [1.54, 1.807) is 12.1 Å². The lowest BCUT2D eigenvalue weighted by molar-refractivity contribution is 0.176. The van der Waals surface area contributed by atoms with Gasteiger partial charge in [0.05, 0.1) is 0 Å². The van der Waals surface area contributed by atoms with Gasteiger partial charge in [0.15, 0.2) is 5.85 Å². The summed E-state index contributed by atoms with van der Waals surface area (Å²) in [4.78, 5) is 1.93. The molecule has 0 bridgehead atoms. The first-order chi connectivity index (χ1) is 7.94. The lowest BCUT2D eigenvalue weighted by Crippen LogP contribution is -2.09. The van der Waals surface area contributed by atoms with Gasteiger partial charge in [-0.2, -0.15) is 0 Å². The molecule has 0 aliphatic rings. The third kappa shape index (κ3) is 3.07. The molecule has 0 saturated carbocycles. The lowest BCUT2D eigenvalue weighted by atomic mass is 10.2. The summed E-state index contributed by atoms with van der Waals surface area (Å²) < 4.78 is 21.5. The third-order valence-electron chi connectivity index (χ3n) is 2.52. The van der Waals surface area contributed by atoms with Crippen LogP contribution < -0.4 is 4.90 Å². The Morgan fingerprint density at radius 3 is 2.00 bits per heavy atom. The van der Waals surface area contributed by atoms with Crippen molar-refractivity contribution in [3.63, 3.8) is 0 Å². The zero-order valence-electron chi connectivity index (χ0n) is 10.5. The first-order valence-corrected chi connectivity index (χ1v) is 6.72. The molecule has 1 N–H and O–H groups in total. The summed E-state index contributed by atoms with van der Waals surface area (Å²) >= 11 is 0. The van der Waals surface area contributed by atoms with E-state index in [4.69, 9.17) is 9.05 Å². The summed E-state index contributed by atoms with van der Waals surface area (Å²) in [6.45, 7) is 0. The van der Waals surface area contributed by atoms with E-state index in [1.807, 2.05) is 31.1 Å². The van der Waals surface area contributed by atoms with Crippen molar-refractivity contribution in [3.05, 3.63) is 29.8 Å². The number of hydrogen-bond acceptors (Lipinski definition) is 5. The van der Waals surface area contributed by atoms with Gasteiger partial charge in [0.25, 0.3) is 0 Å². The first kappa shape index (κ1) is 14.2. The van der Waals surface area contributed by atoms with Crippen molar-refractivity contribution < 1.29 is 18.7 Å². The fraction of sp³-hybridized carbons (Fsp3) is 0.455. The number of hydrogen-bond donors (Lipinski definition) is 1. The van der Waals surface area contributed by atoms with Gasteiger partial charge >= 0.3 is 7.60 Å². The molecular formula is C11H18NO4P. The highest BCUT2D eigenvalue weighted by Crippen LogP contribution is 2.58. The smallest absolute Gasteiger partial charge is 0.362 e. The topological polar surface area (TPSA) is 59.0 Å². The Morgan fingerprint density at radius 1 is 1.18 bits per heavy atom. The Morgan fingerprint density at radius 2 is 1.65 bits per heavy atom. The van der Waals surface area contributed by atoms with E-state index in [2.05, 4.69) is 0 Å². The van der Waals surface area contributed by atoms with E-state index in [1.165, 1.54) is 14.2 Å². The quantitative estimate of drug-likeness (QED) is 0.822. The van der Waals surface area contributed by atoms with Crippen LogP contribution in [0.2, 0.25) is 0 Å². The Balaban J connectivity index is 2.97. The maximum Gasteiger partial charge on any atom is 0.362 e. The number of nitrogens with zero attached hydrogens (tertiary/aromatic N) is 1. The van der Waals surface area contributed by atoms with Crippen molar-refractivity contribution >= 4 is 13.3 Å². The van der Waals surface area contributed by atoms with E-state index in [0.717, 1.165) is 5.69 Å². The van der Waals surface area contributed by atoms with Gasteiger partial charge in [-0.1, -0.05) is 12.1 Å². The van der Waals surface area contributed by atoms with Gasteiger partial charge in [-0.05, 0) is 17.7 Å². The lowest BCUT2D eigenvalue weighted by Gasteiger charge is -2.20. The van der Waals surface area contributed by atoms with Crippen LogP contribution in [0.1, 0.15) is 11.4 Å². The highest BCUT2D eigenvalue weighted by Gasteiger charge is 2.33. The molecule has 0 aromatic heterocycles. The Bertz CT molecular complexity index is 396. The molecule has 0 aliphatic carbocycles. The van der Waals surface area contributed by atoms with Gasteiger partial charge in [-0.3, -0.25) is 4.57 Å². The van der Waals surface area contributed by atoms with E-state index in [-0.39, 0.29) is 0 Å². The van der Waals surface area contributed by atoms with Crippen molar-refractivity contribution in [2.75, 3.05) is 33.2 Å². The van der Waals surface area contributed by atoms with Crippen LogP contribution in [-0.4, -0.2) is 33.4 Å². The molecule has 1 rings (SSSR count). The maximum atomic E-state index is 12.0. The molecule has 0 heterocycles. The van der Waals surface area contributed by atoms with Crippen LogP contribution in [0.5, 0.6) is 0 Å². The molecule has 0 fully saturated rings. The molecule has 0 aliphatic heterocycles. The van der Waals surface area contributed by atoms with Crippen molar-refractivity contribution in [1.29, 1.82) is 0 Å². The van der Waals surface area contributed by atoms with E-state index >= 15 is 0 Å². The van der Waals surface area contributed by atoms with Crippen LogP contribution in [-0.2, 0) is 13.6 Å². The zero-order chi connectivity index (χ0) is 13.1. The second-order valence-electron chi connectivity index (χ2n) is 3.76. The monoisotopic (exact) mass is 259 g/mol. The van der Waals surface area contributed by atoms with Crippen LogP contribution >= 0.6 is 7.60 Å². The molecule has 1 aromatic rings.